The molecule has 0 spiro atoms. The highest BCUT2D eigenvalue weighted by molar-refractivity contribution is 5.68. The Hall–Kier alpha value is -2.56. The van der Waals surface area contributed by atoms with E-state index in [4.69, 9.17) is 10.5 Å². The molecule has 96 valence electrons. The summed E-state index contributed by atoms with van der Waals surface area (Å²) in [5.74, 6) is 1.50. The second-order valence-corrected chi connectivity index (χ2v) is 4.42. The molecule has 2 heterocycles. The maximum Gasteiger partial charge on any atom is 0.172 e. The number of fused-ring (bicyclic) bond motifs is 1. The van der Waals surface area contributed by atoms with Crippen LogP contribution in [0.1, 0.15) is 5.56 Å². The number of ether oxygens (including phenoxy) is 1. The normalized spacial score (nSPS) is 10.8. The van der Waals surface area contributed by atoms with Crippen LogP contribution in [0.15, 0.2) is 36.5 Å². The Labute approximate surface area is 110 Å². The Morgan fingerprint density at radius 3 is 2.79 bits per heavy atom. The molecule has 0 unspecified atom stereocenters. The molecule has 0 saturated carbocycles. The monoisotopic (exact) mass is 254 g/mol. The van der Waals surface area contributed by atoms with Crippen LogP contribution in [0, 0.1) is 6.92 Å². The highest BCUT2D eigenvalue weighted by Gasteiger charge is 2.13. The van der Waals surface area contributed by atoms with Crippen molar-refractivity contribution in [3.05, 3.63) is 42.1 Å². The van der Waals surface area contributed by atoms with Crippen molar-refractivity contribution < 1.29 is 4.74 Å². The van der Waals surface area contributed by atoms with Crippen molar-refractivity contribution in [1.29, 1.82) is 0 Å². The van der Waals surface area contributed by atoms with Crippen molar-refractivity contribution in [3.63, 3.8) is 0 Å². The molecule has 0 atom stereocenters. The fourth-order valence-corrected chi connectivity index (χ4v) is 2.07. The van der Waals surface area contributed by atoms with Crippen molar-refractivity contribution in [2.45, 2.75) is 6.92 Å². The third-order valence-electron chi connectivity index (χ3n) is 3.02. The molecule has 0 bridgehead atoms. The molecule has 0 aliphatic heterocycles. The van der Waals surface area contributed by atoms with Crippen LogP contribution in [0.25, 0.3) is 17.0 Å². The van der Waals surface area contributed by atoms with Gasteiger partial charge in [0.15, 0.2) is 11.5 Å². The molecule has 0 radical (unpaired) electrons. The second kappa shape index (κ2) is 4.28. The summed E-state index contributed by atoms with van der Waals surface area (Å²) in [5, 5.41) is 8.36. The van der Waals surface area contributed by atoms with Gasteiger partial charge in [-0.25, -0.2) is 0 Å². The van der Waals surface area contributed by atoms with E-state index >= 15 is 0 Å². The van der Waals surface area contributed by atoms with Gasteiger partial charge >= 0.3 is 0 Å². The molecular formula is C14H14N4O. The minimum atomic E-state index is 0.666. The molecule has 5 heteroatoms. The van der Waals surface area contributed by atoms with Gasteiger partial charge in [-0.2, -0.15) is 0 Å². The molecule has 0 aliphatic rings. The average molecular weight is 254 g/mol. The molecule has 2 aromatic heterocycles. The number of nitrogen functional groups attached to an aromatic ring is 1. The van der Waals surface area contributed by atoms with Gasteiger partial charge < -0.3 is 10.5 Å². The van der Waals surface area contributed by atoms with Crippen molar-refractivity contribution in [2.75, 3.05) is 12.8 Å². The van der Waals surface area contributed by atoms with Crippen LogP contribution in [-0.2, 0) is 0 Å². The predicted molar refractivity (Wildman–Crippen MR) is 74.1 cm³/mol. The number of anilines is 1. The lowest BCUT2D eigenvalue weighted by Crippen LogP contribution is -1.95. The standard InChI is InChI=1S/C14H14N4O/c1-9-3-5-11(12(7-9)19-2)14-17-16-13-6-4-10(15)8-18(13)14/h3-8H,15H2,1-2H3. The SMILES string of the molecule is COc1cc(C)ccc1-c1nnc2ccc(N)cn12. The molecule has 0 fully saturated rings. The quantitative estimate of drug-likeness (QED) is 0.762. The second-order valence-electron chi connectivity index (χ2n) is 4.42. The number of methoxy groups -OCH3 is 1. The smallest absolute Gasteiger partial charge is 0.172 e. The number of benzene rings is 1. The summed E-state index contributed by atoms with van der Waals surface area (Å²) in [5.41, 5.74) is 9.27. The maximum absolute atomic E-state index is 5.82. The van der Waals surface area contributed by atoms with Gasteiger partial charge in [0.05, 0.1) is 12.7 Å². The Balaban J connectivity index is 2.27. The predicted octanol–water partition coefficient (Wildman–Crippen LogP) is 2.30. The lowest BCUT2D eigenvalue weighted by Gasteiger charge is -2.08. The summed E-state index contributed by atoms with van der Waals surface area (Å²) in [4.78, 5) is 0. The summed E-state index contributed by atoms with van der Waals surface area (Å²) in [6.07, 6.45) is 1.81. The number of aryl methyl sites for hydroxylation is 1. The molecule has 0 aliphatic carbocycles. The molecule has 0 saturated heterocycles. The van der Waals surface area contributed by atoms with Crippen molar-refractivity contribution in [1.82, 2.24) is 14.6 Å². The average Bonchev–Trinajstić information content (AvgIpc) is 2.81. The molecule has 3 aromatic rings. The number of nitrogens with zero attached hydrogens (tertiary/aromatic N) is 3. The Bertz CT molecular complexity index is 748. The fourth-order valence-electron chi connectivity index (χ4n) is 2.07. The lowest BCUT2D eigenvalue weighted by atomic mass is 10.1. The van der Waals surface area contributed by atoms with Crippen molar-refractivity contribution >= 4 is 11.3 Å². The summed E-state index contributed by atoms with van der Waals surface area (Å²) < 4.78 is 7.28. The van der Waals surface area contributed by atoms with E-state index in [2.05, 4.69) is 10.2 Å². The first-order valence-corrected chi connectivity index (χ1v) is 5.94. The molecule has 2 N–H and O–H groups in total. The van der Waals surface area contributed by atoms with E-state index in [0.29, 0.717) is 5.69 Å². The van der Waals surface area contributed by atoms with Crippen LogP contribution in [0.3, 0.4) is 0 Å². The van der Waals surface area contributed by atoms with E-state index in [0.717, 1.165) is 28.3 Å². The van der Waals surface area contributed by atoms with Crippen LogP contribution in [0.4, 0.5) is 5.69 Å². The summed E-state index contributed by atoms with van der Waals surface area (Å²) in [6.45, 7) is 2.02. The minimum Gasteiger partial charge on any atom is -0.496 e. The van der Waals surface area contributed by atoms with Crippen LogP contribution in [0.5, 0.6) is 5.75 Å². The maximum atomic E-state index is 5.82. The van der Waals surface area contributed by atoms with E-state index in [-0.39, 0.29) is 0 Å². The van der Waals surface area contributed by atoms with Crippen LogP contribution < -0.4 is 10.5 Å². The first kappa shape index (κ1) is 11.5. The van der Waals surface area contributed by atoms with Gasteiger partial charge in [0, 0.05) is 11.9 Å². The first-order chi connectivity index (χ1) is 9.19. The van der Waals surface area contributed by atoms with Gasteiger partial charge in [-0.1, -0.05) is 6.07 Å². The Kier molecular flexibility index (Phi) is 2.59. The van der Waals surface area contributed by atoms with E-state index in [1.807, 2.05) is 41.8 Å². The largest absolute Gasteiger partial charge is 0.496 e. The Morgan fingerprint density at radius 2 is 2.00 bits per heavy atom. The number of nitrogens with two attached hydrogens (primary N) is 1. The number of aromatic nitrogens is 3. The van der Waals surface area contributed by atoms with Crippen molar-refractivity contribution in [3.8, 4) is 17.1 Å². The number of rotatable bonds is 2. The summed E-state index contributed by atoms with van der Waals surface area (Å²) >= 11 is 0. The van der Waals surface area contributed by atoms with Crippen LogP contribution in [0.2, 0.25) is 0 Å². The first-order valence-electron chi connectivity index (χ1n) is 5.94. The van der Waals surface area contributed by atoms with Gasteiger partial charge in [-0.3, -0.25) is 4.40 Å². The van der Waals surface area contributed by atoms with Gasteiger partial charge in [0.25, 0.3) is 0 Å². The Morgan fingerprint density at radius 1 is 1.16 bits per heavy atom. The number of pyridine rings is 1. The lowest BCUT2D eigenvalue weighted by molar-refractivity contribution is 0.416. The molecule has 0 amide bonds. The third kappa shape index (κ3) is 1.89. The van der Waals surface area contributed by atoms with Gasteiger partial charge in [-0.15, -0.1) is 10.2 Å². The summed E-state index contributed by atoms with van der Waals surface area (Å²) in [6, 6.07) is 9.62. The molecule has 1 aromatic carbocycles. The van der Waals surface area contributed by atoms with Gasteiger partial charge in [0.1, 0.15) is 5.75 Å². The van der Waals surface area contributed by atoms with E-state index in [9.17, 15) is 0 Å². The third-order valence-corrected chi connectivity index (χ3v) is 3.02. The van der Waals surface area contributed by atoms with Gasteiger partial charge in [-0.05, 0) is 36.8 Å². The van der Waals surface area contributed by atoms with Crippen LogP contribution >= 0.6 is 0 Å². The fraction of sp³-hybridized carbons (Fsp3) is 0.143. The summed E-state index contributed by atoms with van der Waals surface area (Å²) in [7, 11) is 1.65. The highest BCUT2D eigenvalue weighted by atomic mass is 16.5. The van der Waals surface area contributed by atoms with E-state index < -0.39 is 0 Å². The molecule has 3 rings (SSSR count). The van der Waals surface area contributed by atoms with Crippen molar-refractivity contribution in [2.24, 2.45) is 0 Å². The zero-order chi connectivity index (χ0) is 13.4. The minimum absolute atomic E-state index is 0.666. The molecular weight excluding hydrogens is 240 g/mol. The van der Waals surface area contributed by atoms with E-state index in [1.165, 1.54) is 0 Å². The topological polar surface area (TPSA) is 65.4 Å². The molecule has 19 heavy (non-hydrogen) atoms. The zero-order valence-corrected chi connectivity index (χ0v) is 10.8. The van der Waals surface area contributed by atoms with E-state index in [1.54, 1.807) is 13.2 Å². The molecule has 5 nitrogen and oxygen atoms in total. The number of hydrogen-bond donors (Lipinski definition) is 1. The highest BCUT2D eigenvalue weighted by Crippen LogP contribution is 2.30. The van der Waals surface area contributed by atoms with Crippen LogP contribution in [-0.4, -0.2) is 21.7 Å². The zero-order valence-electron chi connectivity index (χ0n) is 10.8. The van der Waals surface area contributed by atoms with Gasteiger partial charge in [0.2, 0.25) is 0 Å². The number of hydrogen-bond acceptors (Lipinski definition) is 4.